The highest BCUT2D eigenvalue weighted by Gasteiger charge is 2.51. The first-order valence-corrected chi connectivity index (χ1v) is 13.4. The van der Waals surface area contributed by atoms with Crippen molar-refractivity contribution in [2.24, 2.45) is 17.8 Å². The van der Waals surface area contributed by atoms with E-state index in [1.807, 2.05) is 0 Å². The van der Waals surface area contributed by atoms with Crippen molar-refractivity contribution in [2.45, 2.75) is 67.9 Å². The van der Waals surface area contributed by atoms with Crippen molar-refractivity contribution in [2.75, 3.05) is 13.2 Å². The Morgan fingerprint density at radius 3 is 2.23 bits per heavy atom. The minimum absolute atomic E-state index is 0.000139. The van der Waals surface area contributed by atoms with Gasteiger partial charge >= 0.3 is 0 Å². The molecule has 2 N–H and O–H groups in total. The lowest BCUT2D eigenvalue weighted by Gasteiger charge is -2.56. The lowest BCUT2D eigenvalue weighted by atomic mass is 9.54. The summed E-state index contributed by atoms with van der Waals surface area (Å²) in [5, 5.41) is 2.94. The molecule has 170 valence electrons. The van der Waals surface area contributed by atoms with Crippen molar-refractivity contribution in [3.8, 4) is 0 Å². The Morgan fingerprint density at radius 1 is 1.03 bits per heavy atom. The quantitative estimate of drug-likeness (QED) is 0.540. The third-order valence-electron chi connectivity index (χ3n) is 7.23. The summed E-state index contributed by atoms with van der Waals surface area (Å²) in [5.41, 5.74) is 0.0877. The summed E-state index contributed by atoms with van der Waals surface area (Å²) in [4.78, 5) is 12.6. The van der Waals surface area contributed by atoms with Gasteiger partial charge in [-0.25, -0.2) is 13.1 Å². The summed E-state index contributed by atoms with van der Waals surface area (Å²) in [6, 6.07) is 2.51. The van der Waals surface area contributed by atoms with Crippen LogP contribution in [0.5, 0.6) is 0 Å². The Balaban J connectivity index is 1.20. The van der Waals surface area contributed by atoms with Crippen LogP contribution in [0.1, 0.15) is 61.7 Å². The van der Waals surface area contributed by atoms with Gasteiger partial charge < -0.3 is 10.1 Å². The Bertz CT molecular complexity index is 958. The third kappa shape index (κ3) is 4.62. The monoisotopic (exact) mass is 486 g/mol. The van der Waals surface area contributed by atoms with Crippen LogP contribution >= 0.6 is 23.2 Å². The lowest BCUT2D eigenvalue weighted by Crippen LogP contribution is -2.52. The number of nitrogens with one attached hydrogen (secondary N) is 2. The van der Waals surface area contributed by atoms with E-state index in [2.05, 4.69) is 10.0 Å². The van der Waals surface area contributed by atoms with Crippen LogP contribution in [0.4, 0.5) is 0 Å². The molecule has 0 radical (unpaired) electrons. The predicted octanol–water partition coefficient (Wildman–Crippen LogP) is 4.15. The van der Waals surface area contributed by atoms with E-state index in [0.29, 0.717) is 13.2 Å². The van der Waals surface area contributed by atoms with Gasteiger partial charge in [-0.15, -0.1) is 0 Å². The highest BCUT2D eigenvalue weighted by molar-refractivity contribution is 7.89. The van der Waals surface area contributed by atoms with Crippen LogP contribution in [-0.2, 0) is 14.8 Å². The van der Waals surface area contributed by atoms with E-state index < -0.39 is 15.9 Å². The number of benzene rings is 1. The number of ether oxygens (including phenoxy) is 1. The van der Waals surface area contributed by atoms with Gasteiger partial charge in [0.1, 0.15) is 4.90 Å². The Hall–Kier alpha value is -0.860. The molecule has 0 aromatic heterocycles. The second kappa shape index (κ2) is 8.17. The van der Waals surface area contributed by atoms with Crippen LogP contribution in [0.15, 0.2) is 17.0 Å². The van der Waals surface area contributed by atoms with Crippen LogP contribution in [0, 0.1) is 17.8 Å². The van der Waals surface area contributed by atoms with Crippen LogP contribution in [-0.4, -0.2) is 39.1 Å². The fourth-order valence-electron chi connectivity index (χ4n) is 6.13. The van der Waals surface area contributed by atoms with Gasteiger partial charge in [-0.2, -0.15) is 0 Å². The molecule has 1 amide bonds. The summed E-state index contributed by atoms with van der Waals surface area (Å²) in [6.45, 7) is 0.791. The standard InChI is InChI=1S/C22H28Cl2N2O4S/c23-18-9-19(24)20(31(28,29)26-16-1-2-16)8-17(18)21(27)25-3-4-30-22-10-13-5-14(11-22)7-15(6-13)12-22/h8-9,13-16,26H,1-7,10-12H2,(H,25,27). The summed E-state index contributed by atoms with van der Waals surface area (Å²) in [5.74, 6) is 1.98. The largest absolute Gasteiger partial charge is 0.373 e. The molecule has 9 heteroatoms. The average molecular weight is 487 g/mol. The number of rotatable bonds is 8. The van der Waals surface area contributed by atoms with Crippen LogP contribution in [0.2, 0.25) is 10.0 Å². The van der Waals surface area contributed by atoms with Crippen LogP contribution in [0.3, 0.4) is 0 Å². The molecular formula is C22H28Cl2N2O4S. The number of amides is 1. The lowest BCUT2D eigenvalue weighted by molar-refractivity contribution is -0.160. The molecule has 5 aliphatic carbocycles. The van der Waals surface area contributed by atoms with Crippen molar-refractivity contribution < 1.29 is 17.9 Å². The zero-order valence-electron chi connectivity index (χ0n) is 17.3. The van der Waals surface area contributed by atoms with Gasteiger partial charge in [-0.05, 0) is 81.3 Å². The second-order valence-electron chi connectivity index (χ2n) is 9.86. The maximum atomic E-state index is 12.7. The highest BCUT2D eigenvalue weighted by Crippen LogP contribution is 2.57. The van der Waals surface area contributed by atoms with E-state index in [4.69, 9.17) is 27.9 Å². The molecule has 6 nitrogen and oxygen atoms in total. The minimum Gasteiger partial charge on any atom is -0.373 e. The van der Waals surface area contributed by atoms with Gasteiger partial charge in [-0.1, -0.05) is 23.2 Å². The third-order valence-corrected chi connectivity index (χ3v) is 9.53. The van der Waals surface area contributed by atoms with E-state index in [1.165, 1.54) is 31.4 Å². The molecule has 0 atom stereocenters. The Morgan fingerprint density at radius 2 is 1.65 bits per heavy atom. The fraction of sp³-hybridized carbons (Fsp3) is 0.682. The first-order valence-electron chi connectivity index (χ1n) is 11.2. The number of sulfonamides is 1. The number of halogens is 2. The Kier molecular flexibility index (Phi) is 5.79. The number of hydrogen-bond donors (Lipinski definition) is 2. The smallest absolute Gasteiger partial charge is 0.252 e. The predicted molar refractivity (Wildman–Crippen MR) is 119 cm³/mol. The van der Waals surface area contributed by atoms with Crippen LogP contribution in [0.25, 0.3) is 0 Å². The zero-order chi connectivity index (χ0) is 21.8. The van der Waals surface area contributed by atoms with Crippen molar-refractivity contribution in [1.29, 1.82) is 0 Å². The molecule has 31 heavy (non-hydrogen) atoms. The summed E-state index contributed by atoms with van der Waals surface area (Å²) < 4.78 is 34.0. The fourth-order valence-corrected chi connectivity index (χ4v) is 8.29. The second-order valence-corrected chi connectivity index (χ2v) is 12.4. The van der Waals surface area contributed by atoms with E-state index >= 15 is 0 Å². The molecular weight excluding hydrogens is 459 g/mol. The van der Waals surface area contributed by atoms with Gasteiger partial charge in [0.2, 0.25) is 10.0 Å². The van der Waals surface area contributed by atoms with E-state index in [-0.39, 0.29) is 32.1 Å². The van der Waals surface area contributed by atoms with Crippen molar-refractivity contribution >= 4 is 39.1 Å². The van der Waals surface area contributed by atoms with Crippen molar-refractivity contribution in [3.63, 3.8) is 0 Å². The van der Waals surface area contributed by atoms with Gasteiger partial charge in [0.15, 0.2) is 0 Å². The van der Waals surface area contributed by atoms with Gasteiger partial charge in [0.05, 0.1) is 27.8 Å². The summed E-state index contributed by atoms with van der Waals surface area (Å²) in [6.07, 6.45) is 9.12. The van der Waals surface area contributed by atoms with Gasteiger partial charge in [0.25, 0.3) is 5.91 Å². The van der Waals surface area contributed by atoms with E-state index in [0.717, 1.165) is 49.9 Å². The van der Waals surface area contributed by atoms with Crippen molar-refractivity contribution in [1.82, 2.24) is 10.0 Å². The van der Waals surface area contributed by atoms with Crippen LogP contribution < -0.4 is 10.0 Å². The first-order chi connectivity index (χ1) is 14.7. The van der Waals surface area contributed by atoms with Crippen molar-refractivity contribution in [3.05, 3.63) is 27.7 Å². The molecule has 4 bridgehead atoms. The molecule has 5 fully saturated rings. The van der Waals surface area contributed by atoms with E-state index in [9.17, 15) is 13.2 Å². The normalized spacial score (nSPS) is 31.7. The first kappa shape index (κ1) is 22.0. The molecule has 0 heterocycles. The zero-order valence-corrected chi connectivity index (χ0v) is 19.7. The minimum atomic E-state index is -3.80. The SMILES string of the molecule is O=C(NCCOC12CC3CC(CC(C3)C1)C2)c1cc(S(=O)(=O)NC2CC2)c(Cl)cc1Cl. The Labute approximate surface area is 193 Å². The molecule has 0 spiro atoms. The molecule has 6 rings (SSSR count). The molecule has 5 aliphatic rings. The topological polar surface area (TPSA) is 84.5 Å². The maximum absolute atomic E-state index is 12.7. The molecule has 0 saturated heterocycles. The molecule has 5 saturated carbocycles. The summed E-state index contributed by atoms with van der Waals surface area (Å²) >= 11 is 12.3. The number of carbonyl (C=O) groups is 1. The molecule has 0 aliphatic heterocycles. The summed E-state index contributed by atoms with van der Waals surface area (Å²) in [7, 11) is -3.80. The number of hydrogen-bond acceptors (Lipinski definition) is 4. The van der Waals surface area contributed by atoms with E-state index in [1.54, 1.807) is 0 Å². The van der Waals surface area contributed by atoms with Gasteiger partial charge in [0, 0.05) is 12.6 Å². The number of carbonyl (C=O) groups excluding carboxylic acids is 1. The molecule has 1 aromatic rings. The molecule has 1 aromatic carbocycles. The molecule has 0 unspecified atom stereocenters. The highest BCUT2D eigenvalue weighted by atomic mass is 35.5. The maximum Gasteiger partial charge on any atom is 0.252 e. The average Bonchev–Trinajstić information content (AvgIpc) is 3.47. The van der Waals surface area contributed by atoms with Gasteiger partial charge in [-0.3, -0.25) is 4.79 Å².